The van der Waals surface area contributed by atoms with Gasteiger partial charge in [0.1, 0.15) is 12.2 Å². The van der Waals surface area contributed by atoms with E-state index >= 15 is 0 Å². The lowest BCUT2D eigenvalue weighted by molar-refractivity contribution is -0.166. The molecule has 2 aliphatic carbocycles. The number of hydrogen-bond donors (Lipinski definition) is 1. The van der Waals surface area contributed by atoms with E-state index in [9.17, 15) is 18.0 Å². The third kappa shape index (κ3) is 3.58. The van der Waals surface area contributed by atoms with Gasteiger partial charge in [0.25, 0.3) is 11.0 Å². The summed E-state index contributed by atoms with van der Waals surface area (Å²) >= 11 is 0. The molecule has 0 amide bonds. The predicted molar refractivity (Wildman–Crippen MR) is 80.8 cm³/mol. The molecule has 0 N–H and O–H groups in total. The predicted octanol–water partition coefficient (Wildman–Crippen LogP) is 0.995. The number of fused-ring (bicyclic) bond motifs is 2. The van der Waals surface area contributed by atoms with Gasteiger partial charge in [0.2, 0.25) is 0 Å². The Morgan fingerprint density at radius 2 is 1.74 bits per heavy atom. The molecule has 0 aromatic heterocycles. The Morgan fingerprint density at radius 1 is 1.17 bits per heavy atom. The third-order valence-corrected chi connectivity index (χ3v) is 5.38. The van der Waals surface area contributed by atoms with Crippen molar-refractivity contribution < 1.29 is 31.7 Å². The van der Waals surface area contributed by atoms with Crippen molar-refractivity contribution >= 4 is 22.9 Å². The Balaban J connectivity index is 2.03. The molecular formula is C15H22O7S. The summed E-state index contributed by atoms with van der Waals surface area (Å²) in [6, 6.07) is 0. The summed E-state index contributed by atoms with van der Waals surface area (Å²) in [7, 11) is -3.03. The second-order valence-corrected chi connectivity index (χ2v) is 7.37. The molecule has 0 aliphatic heterocycles. The van der Waals surface area contributed by atoms with Gasteiger partial charge >= 0.3 is 11.9 Å². The zero-order valence-corrected chi connectivity index (χ0v) is 14.3. The zero-order chi connectivity index (χ0) is 17.4. The average molecular weight is 346 g/mol. The summed E-state index contributed by atoms with van der Waals surface area (Å²) in [5.41, 5.74) is 0.0124. The Morgan fingerprint density at radius 3 is 2.26 bits per heavy atom. The molecule has 2 rings (SSSR count). The van der Waals surface area contributed by atoms with E-state index in [1.165, 1.54) is 6.92 Å². The maximum Gasteiger partial charge on any atom is 0.344 e. The average Bonchev–Trinajstić information content (AvgIpc) is 2.83. The van der Waals surface area contributed by atoms with E-state index in [-0.39, 0.29) is 22.8 Å². The fraction of sp³-hybridized carbons (Fsp3) is 0.733. The van der Waals surface area contributed by atoms with Crippen LogP contribution >= 0.6 is 0 Å². The first-order valence-electron chi connectivity index (χ1n) is 7.48. The van der Waals surface area contributed by atoms with Gasteiger partial charge in [-0.3, -0.25) is 4.18 Å². The molecule has 0 aromatic rings. The van der Waals surface area contributed by atoms with Crippen LogP contribution in [0.2, 0.25) is 0 Å². The van der Waals surface area contributed by atoms with Crippen molar-refractivity contribution in [2.45, 2.75) is 45.8 Å². The number of rotatable bonds is 6. The van der Waals surface area contributed by atoms with E-state index in [2.05, 4.69) is 6.58 Å². The van der Waals surface area contributed by atoms with Crippen LogP contribution in [0.25, 0.3) is 0 Å². The van der Waals surface area contributed by atoms with Gasteiger partial charge < -0.3 is 9.47 Å². The van der Waals surface area contributed by atoms with E-state index in [1.54, 1.807) is 0 Å². The molecule has 8 heteroatoms. The van der Waals surface area contributed by atoms with Gasteiger partial charge in [-0.25, -0.2) is 18.0 Å². The van der Waals surface area contributed by atoms with Gasteiger partial charge in [-0.05, 0) is 31.1 Å². The third-order valence-electron chi connectivity index (χ3n) is 4.96. The first-order chi connectivity index (χ1) is 10.6. The number of carbonyl (C=O) groups excluding carboxylic acids is 2. The Hall–Kier alpha value is -1.41. The minimum absolute atomic E-state index is 0.0103. The molecule has 23 heavy (non-hydrogen) atoms. The molecule has 0 radical (unpaired) electrons. The monoisotopic (exact) mass is 346 g/mol. The molecule has 0 spiro atoms. The largest absolute Gasteiger partial charge is 0.457 e. The smallest absolute Gasteiger partial charge is 0.344 e. The highest BCUT2D eigenvalue weighted by atomic mass is 32.2. The van der Waals surface area contributed by atoms with Crippen LogP contribution in [0.15, 0.2) is 12.2 Å². The first kappa shape index (κ1) is 17.9. The second-order valence-electron chi connectivity index (χ2n) is 6.72. The molecule has 2 bridgehead atoms. The highest BCUT2D eigenvalue weighted by molar-refractivity contribution is 7.67. The summed E-state index contributed by atoms with van der Waals surface area (Å²) < 4.78 is 37.1. The van der Waals surface area contributed by atoms with E-state index in [1.807, 2.05) is 13.8 Å². The summed E-state index contributed by atoms with van der Waals surface area (Å²) in [6.45, 7) is 8.41. The summed E-state index contributed by atoms with van der Waals surface area (Å²) in [6.07, 6.45) is 0.360. The van der Waals surface area contributed by atoms with Gasteiger partial charge in [0.05, 0.1) is 0 Å². The molecule has 0 heterocycles. The number of thiol groups is 1. The number of hydrogen-bond acceptors (Lipinski definition) is 7. The fourth-order valence-electron chi connectivity index (χ4n) is 3.83. The molecule has 0 aromatic carbocycles. The lowest BCUT2D eigenvalue weighted by atomic mass is 9.82. The van der Waals surface area contributed by atoms with Gasteiger partial charge in [-0.15, -0.1) is 0 Å². The van der Waals surface area contributed by atoms with E-state index in [0.717, 1.165) is 12.8 Å². The van der Waals surface area contributed by atoms with Crippen LogP contribution in [-0.2, 0) is 34.2 Å². The van der Waals surface area contributed by atoms with Gasteiger partial charge in [0.15, 0.2) is 6.61 Å². The molecule has 4 atom stereocenters. The van der Waals surface area contributed by atoms with Crippen LogP contribution in [0, 0.1) is 17.3 Å². The van der Waals surface area contributed by atoms with Crippen molar-refractivity contribution in [1.82, 2.24) is 0 Å². The normalized spacial score (nSPS) is 31.1. The van der Waals surface area contributed by atoms with Crippen molar-refractivity contribution in [1.29, 1.82) is 0 Å². The molecule has 2 aliphatic rings. The number of ether oxygens (including phenoxy) is 2. The lowest BCUT2D eigenvalue weighted by Crippen LogP contribution is -2.39. The van der Waals surface area contributed by atoms with Crippen molar-refractivity contribution in [3.05, 3.63) is 12.2 Å². The lowest BCUT2D eigenvalue weighted by Gasteiger charge is -2.28. The molecule has 7 nitrogen and oxygen atoms in total. The van der Waals surface area contributed by atoms with Crippen molar-refractivity contribution in [3.63, 3.8) is 0 Å². The minimum Gasteiger partial charge on any atom is -0.457 e. The van der Waals surface area contributed by atoms with Crippen LogP contribution in [0.5, 0.6) is 0 Å². The van der Waals surface area contributed by atoms with Crippen molar-refractivity contribution in [2.24, 2.45) is 17.3 Å². The molecule has 4 unspecified atom stereocenters. The van der Waals surface area contributed by atoms with Gasteiger partial charge in [-0.1, -0.05) is 20.4 Å². The summed E-state index contributed by atoms with van der Waals surface area (Å²) in [4.78, 5) is 23.2. The van der Waals surface area contributed by atoms with Gasteiger partial charge in [0, 0.05) is 11.5 Å². The SMILES string of the molecule is C=C(C)C(=O)OCC(=O)OC1C(O[SH](=O)=O)C2CCC1C2(C)C. The van der Waals surface area contributed by atoms with Crippen molar-refractivity contribution in [3.8, 4) is 0 Å². The van der Waals surface area contributed by atoms with Crippen LogP contribution < -0.4 is 0 Å². The molecule has 0 saturated heterocycles. The van der Waals surface area contributed by atoms with Crippen LogP contribution in [0.1, 0.15) is 33.6 Å². The molecule has 130 valence electrons. The van der Waals surface area contributed by atoms with Crippen LogP contribution in [0.4, 0.5) is 0 Å². The number of esters is 2. The minimum atomic E-state index is -3.03. The van der Waals surface area contributed by atoms with E-state index in [0.29, 0.717) is 0 Å². The highest BCUT2D eigenvalue weighted by Crippen LogP contribution is 2.59. The Kier molecular flexibility index (Phi) is 5.15. The fourth-order valence-corrected chi connectivity index (χ4v) is 4.29. The second kappa shape index (κ2) is 6.60. The topological polar surface area (TPSA) is 96.0 Å². The molecule has 2 fully saturated rings. The maximum absolute atomic E-state index is 11.9. The number of carbonyl (C=O) groups is 2. The van der Waals surface area contributed by atoms with Crippen LogP contribution in [0.3, 0.4) is 0 Å². The molecule has 2 saturated carbocycles. The van der Waals surface area contributed by atoms with E-state index in [4.69, 9.17) is 13.7 Å². The van der Waals surface area contributed by atoms with Gasteiger partial charge in [-0.2, -0.15) is 0 Å². The molecular weight excluding hydrogens is 324 g/mol. The Bertz CT molecular complexity index is 585. The van der Waals surface area contributed by atoms with Crippen LogP contribution in [-0.4, -0.2) is 39.2 Å². The standard InChI is InChI=1S/C15H22O7S/c1-8(2)14(17)20-7-11(16)21-12-9-5-6-10(15(9,3)4)13(12)22-23(18)19/h9-10,12-13,23H,1,5-7H2,2-4H3. The summed E-state index contributed by atoms with van der Waals surface area (Å²) in [5, 5.41) is 0. The Labute approximate surface area is 137 Å². The zero-order valence-electron chi connectivity index (χ0n) is 13.4. The first-order valence-corrected chi connectivity index (χ1v) is 8.57. The van der Waals surface area contributed by atoms with Crippen molar-refractivity contribution in [2.75, 3.05) is 6.61 Å². The maximum atomic E-state index is 11.9. The summed E-state index contributed by atoms with van der Waals surface area (Å²) in [5.74, 6) is -1.36. The van der Waals surface area contributed by atoms with E-state index < -0.39 is 41.7 Å². The highest BCUT2D eigenvalue weighted by Gasteiger charge is 2.62. The quantitative estimate of drug-likeness (QED) is 0.435.